The van der Waals surface area contributed by atoms with Crippen LogP contribution in [0.1, 0.15) is 25.3 Å². The van der Waals surface area contributed by atoms with Crippen molar-refractivity contribution in [2.24, 2.45) is 12.8 Å². The number of rotatable bonds is 9. The number of nitrogens with one attached hydrogen (secondary N) is 1. The minimum atomic E-state index is -1.03. The van der Waals surface area contributed by atoms with Gasteiger partial charge in [0, 0.05) is 37.0 Å². The van der Waals surface area contributed by atoms with Crippen LogP contribution in [0.5, 0.6) is 0 Å². The summed E-state index contributed by atoms with van der Waals surface area (Å²) in [5.74, 6) is -2.16. The predicted molar refractivity (Wildman–Crippen MR) is 100 cm³/mol. The predicted octanol–water partition coefficient (Wildman–Crippen LogP) is 0.961. The Hall–Kier alpha value is -2.87. The van der Waals surface area contributed by atoms with Gasteiger partial charge in [0.25, 0.3) is 0 Å². The number of esters is 1. The molecule has 0 saturated carbocycles. The zero-order chi connectivity index (χ0) is 20.0. The fourth-order valence-corrected chi connectivity index (χ4v) is 2.93. The number of nitrogens with zero attached hydrogens (tertiary/aromatic N) is 1. The molecule has 0 aliphatic heterocycles. The molecule has 146 valence electrons. The lowest BCUT2D eigenvalue weighted by Gasteiger charge is -2.19. The zero-order valence-corrected chi connectivity index (χ0v) is 15.5. The van der Waals surface area contributed by atoms with Crippen LogP contribution in [0.2, 0.25) is 0 Å². The fourth-order valence-electron chi connectivity index (χ4n) is 2.93. The summed E-state index contributed by atoms with van der Waals surface area (Å²) in [4.78, 5) is 35.3. The van der Waals surface area contributed by atoms with Crippen molar-refractivity contribution in [1.82, 2.24) is 9.88 Å². The van der Waals surface area contributed by atoms with E-state index in [1.54, 1.807) is 6.92 Å². The number of aromatic nitrogens is 1. The number of benzene rings is 1. The number of aliphatic carboxylic acids is 1. The van der Waals surface area contributed by atoms with E-state index < -0.39 is 29.9 Å². The number of fused-ring (bicyclic) bond motifs is 1. The summed E-state index contributed by atoms with van der Waals surface area (Å²) < 4.78 is 7.03. The van der Waals surface area contributed by atoms with Crippen molar-refractivity contribution in [3.8, 4) is 0 Å². The van der Waals surface area contributed by atoms with Crippen LogP contribution in [0, 0.1) is 0 Å². The Morgan fingerprint density at radius 1 is 1.30 bits per heavy atom. The normalized spacial score (nSPS) is 13.1. The summed E-state index contributed by atoms with van der Waals surface area (Å²) in [7, 11) is 1.91. The average molecular weight is 375 g/mol. The maximum Gasteiger partial charge on any atom is 0.328 e. The zero-order valence-electron chi connectivity index (χ0n) is 15.5. The molecule has 0 fully saturated rings. The van der Waals surface area contributed by atoms with Crippen LogP contribution in [-0.2, 0) is 32.6 Å². The molecule has 2 atom stereocenters. The molecule has 2 aromatic rings. The first-order valence-electron chi connectivity index (χ1n) is 8.80. The maximum atomic E-state index is 12.3. The number of aryl methyl sites for hydroxylation is 1. The highest BCUT2D eigenvalue weighted by Crippen LogP contribution is 2.22. The van der Waals surface area contributed by atoms with Crippen molar-refractivity contribution in [1.29, 1.82) is 0 Å². The molecule has 4 N–H and O–H groups in total. The summed E-state index contributed by atoms with van der Waals surface area (Å²) >= 11 is 0. The molecule has 0 aliphatic rings. The van der Waals surface area contributed by atoms with Crippen LogP contribution in [-0.4, -0.2) is 46.2 Å². The van der Waals surface area contributed by atoms with Crippen molar-refractivity contribution in [3.63, 3.8) is 0 Å². The maximum absolute atomic E-state index is 12.3. The third-order valence-electron chi connectivity index (χ3n) is 4.30. The first-order chi connectivity index (χ1) is 12.8. The topological polar surface area (TPSA) is 124 Å². The van der Waals surface area contributed by atoms with Gasteiger partial charge in [0.05, 0.1) is 12.6 Å². The van der Waals surface area contributed by atoms with Gasteiger partial charge in [-0.1, -0.05) is 18.2 Å². The number of carboxylic acids is 1. The number of carboxylic acid groups (broad SMARTS) is 1. The molecule has 1 amide bonds. The van der Waals surface area contributed by atoms with Gasteiger partial charge in [0.2, 0.25) is 5.91 Å². The van der Waals surface area contributed by atoms with Crippen LogP contribution < -0.4 is 11.1 Å². The highest BCUT2D eigenvalue weighted by Gasteiger charge is 2.26. The number of carbonyl (C=O) groups excluding carboxylic acids is 2. The number of para-hydroxylation sites is 1. The summed E-state index contributed by atoms with van der Waals surface area (Å²) in [5.41, 5.74) is 7.65. The molecule has 0 unspecified atom stereocenters. The molecule has 1 heterocycles. The van der Waals surface area contributed by atoms with E-state index >= 15 is 0 Å². The van der Waals surface area contributed by atoms with Crippen LogP contribution in [0.15, 0.2) is 30.5 Å². The molecule has 0 saturated heterocycles. The van der Waals surface area contributed by atoms with Gasteiger partial charge in [-0.05, 0) is 25.0 Å². The Balaban J connectivity index is 2.17. The van der Waals surface area contributed by atoms with Gasteiger partial charge in [-0.3, -0.25) is 9.59 Å². The van der Waals surface area contributed by atoms with Gasteiger partial charge in [-0.2, -0.15) is 0 Å². The van der Waals surface area contributed by atoms with Gasteiger partial charge in [-0.15, -0.1) is 0 Å². The number of hydrogen-bond donors (Lipinski definition) is 3. The van der Waals surface area contributed by atoms with E-state index in [4.69, 9.17) is 15.6 Å². The molecule has 27 heavy (non-hydrogen) atoms. The van der Waals surface area contributed by atoms with Crippen LogP contribution in [0.4, 0.5) is 0 Å². The minimum Gasteiger partial charge on any atom is -0.481 e. The van der Waals surface area contributed by atoms with Gasteiger partial charge in [-0.25, -0.2) is 4.79 Å². The summed E-state index contributed by atoms with van der Waals surface area (Å²) in [5, 5.41) is 12.3. The average Bonchev–Trinajstić information content (AvgIpc) is 2.95. The molecule has 8 heteroatoms. The van der Waals surface area contributed by atoms with Gasteiger partial charge >= 0.3 is 11.9 Å². The second-order valence-corrected chi connectivity index (χ2v) is 6.34. The van der Waals surface area contributed by atoms with E-state index in [1.165, 1.54) is 0 Å². The van der Waals surface area contributed by atoms with Crippen molar-refractivity contribution < 1.29 is 24.2 Å². The highest BCUT2D eigenvalue weighted by molar-refractivity contribution is 5.89. The Kier molecular flexibility index (Phi) is 6.95. The summed E-state index contributed by atoms with van der Waals surface area (Å²) in [6.45, 7) is 1.87. The lowest BCUT2D eigenvalue weighted by molar-refractivity contribution is -0.147. The monoisotopic (exact) mass is 375 g/mol. The Morgan fingerprint density at radius 2 is 2.00 bits per heavy atom. The number of nitrogens with two attached hydrogens (primary N) is 1. The molecule has 2 rings (SSSR count). The van der Waals surface area contributed by atoms with Crippen LogP contribution in [0.3, 0.4) is 0 Å². The molecule has 1 aromatic heterocycles. The molecular weight excluding hydrogens is 350 g/mol. The molecule has 0 radical (unpaired) electrons. The largest absolute Gasteiger partial charge is 0.481 e. The van der Waals surface area contributed by atoms with Crippen LogP contribution in [0.25, 0.3) is 10.9 Å². The summed E-state index contributed by atoms with van der Waals surface area (Å²) in [6.07, 6.45) is 1.93. The second kappa shape index (κ2) is 9.18. The van der Waals surface area contributed by atoms with Gasteiger partial charge < -0.3 is 25.5 Å². The Bertz CT molecular complexity index is 830. The van der Waals surface area contributed by atoms with E-state index in [0.29, 0.717) is 0 Å². The van der Waals surface area contributed by atoms with Crippen molar-refractivity contribution >= 4 is 28.7 Å². The Labute approximate surface area is 157 Å². The third-order valence-corrected chi connectivity index (χ3v) is 4.30. The van der Waals surface area contributed by atoms with E-state index in [-0.39, 0.29) is 25.9 Å². The van der Waals surface area contributed by atoms with Crippen molar-refractivity contribution in [2.75, 3.05) is 6.61 Å². The number of hydrogen-bond acceptors (Lipinski definition) is 5. The number of carbonyl (C=O) groups is 3. The van der Waals surface area contributed by atoms with Gasteiger partial charge in [0.15, 0.2) is 0 Å². The quantitative estimate of drug-likeness (QED) is 0.561. The van der Waals surface area contributed by atoms with E-state index in [9.17, 15) is 14.4 Å². The number of amides is 1. The van der Waals surface area contributed by atoms with E-state index in [2.05, 4.69) is 5.32 Å². The third kappa shape index (κ3) is 5.30. The molecule has 0 spiro atoms. The smallest absolute Gasteiger partial charge is 0.328 e. The molecule has 0 aliphatic carbocycles. The molecule has 8 nitrogen and oxygen atoms in total. The van der Waals surface area contributed by atoms with Crippen molar-refractivity contribution in [3.05, 3.63) is 36.0 Å². The van der Waals surface area contributed by atoms with Crippen LogP contribution >= 0.6 is 0 Å². The molecular formula is C19H25N3O5. The molecule has 1 aromatic carbocycles. The SMILES string of the molecule is CCOC(=O)[C@@H](Cc1cn(C)c2ccccc12)NC(=O)[C@@H](N)CCC(=O)O. The number of ether oxygens (including phenoxy) is 1. The summed E-state index contributed by atoms with van der Waals surface area (Å²) in [6, 6.07) is 5.85. The lowest BCUT2D eigenvalue weighted by Crippen LogP contribution is -2.50. The van der Waals surface area contributed by atoms with E-state index in [1.807, 2.05) is 42.1 Å². The first-order valence-corrected chi connectivity index (χ1v) is 8.80. The molecule has 0 bridgehead atoms. The van der Waals surface area contributed by atoms with Gasteiger partial charge in [0.1, 0.15) is 6.04 Å². The second-order valence-electron chi connectivity index (χ2n) is 6.34. The lowest BCUT2D eigenvalue weighted by atomic mass is 10.0. The Morgan fingerprint density at radius 3 is 2.67 bits per heavy atom. The minimum absolute atomic E-state index is 0.00895. The van der Waals surface area contributed by atoms with E-state index in [0.717, 1.165) is 16.5 Å². The highest BCUT2D eigenvalue weighted by atomic mass is 16.5. The first kappa shape index (κ1) is 20.4. The van der Waals surface area contributed by atoms with Crippen molar-refractivity contribution in [2.45, 2.75) is 38.3 Å². The fraction of sp³-hybridized carbons (Fsp3) is 0.421. The standard InChI is InChI=1S/C19H25N3O5/c1-3-27-19(26)15(21-18(25)14(20)8-9-17(23)24)10-12-11-22(2)16-7-5-4-6-13(12)16/h4-7,11,14-15H,3,8-10,20H2,1-2H3,(H,21,25)(H,23,24)/t14-,15+/m0/s1.